The zero-order chi connectivity index (χ0) is 25.3. The molecule has 0 saturated heterocycles. The molecule has 0 fully saturated rings. The molecule has 0 radical (unpaired) electrons. The van der Waals surface area contributed by atoms with Crippen LogP contribution in [0.2, 0.25) is 5.02 Å². The summed E-state index contributed by atoms with van der Waals surface area (Å²) in [6.45, 7) is 5.20. The summed E-state index contributed by atoms with van der Waals surface area (Å²) in [6, 6.07) is 17.5. The zero-order valence-electron chi connectivity index (χ0n) is 19.6. The predicted octanol–water partition coefficient (Wildman–Crippen LogP) is 4.74. The van der Waals surface area contributed by atoms with Gasteiger partial charge in [0.05, 0.1) is 28.7 Å². The molecule has 0 aliphatic carbocycles. The lowest BCUT2D eigenvalue weighted by Crippen LogP contribution is -2.53. The van der Waals surface area contributed by atoms with Crippen LogP contribution in [0.4, 0.5) is 11.4 Å². The molecule has 3 aromatic rings. The molecule has 0 saturated carbocycles. The van der Waals surface area contributed by atoms with Crippen LogP contribution in [-0.2, 0) is 19.6 Å². The van der Waals surface area contributed by atoms with E-state index < -0.39 is 27.9 Å². The number of hydrogen-bond donors (Lipinski definition) is 2. The van der Waals surface area contributed by atoms with E-state index in [2.05, 4.69) is 10.6 Å². The monoisotopic (exact) mass is 511 g/mol. The Morgan fingerprint density at radius 2 is 1.71 bits per heavy atom. The molecule has 1 aliphatic rings. The molecule has 2 amide bonds. The lowest BCUT2D eigenvalue weighted by atomic mass is 10.1. The molecule has 3 aromatic carbocycles. The second-order valence-electron chi connectivity index (χ2n) is 8.59. The molecule has 4 rings (SSSR count). The summed E-state index contributed by atoms with van der Waals surface area (Å²) in [5, 5.41) is 6.06. The number of fused-ring (bicyclic) bond motifs is 1. The van der Waals surface area contributed by atoms with Crippen molar-refractivity contribution >= 4 is 44.8 Å². The van der Waals surface area contributed by atoms with Gasteiger partial charge < -0.3 is 10.6 Å². The number of nitrogens with zero attached hydrogens (tertiary/aromatic N) is 1. The van der Waals surface area contributed by atoms with Gasteiger partial charge in [-0.15, -0.1) is 0 Å². The maximum atomic E-state index is 14.0. The number of para-hydroxylation sites is 2. The van der Waals surface area contributed by atoms with E-state index >= 15 is 0 Å². The van der Waals surface area contributed by atoms with Gasteiger partial charge in [-0.1, -0.05) is 54.1 Å². The Bertz CT molecular complexity index is 1390. The van der Waals surface area contributed by atoms with Crippen molar-refractivity contribution in [3.05, 3.63) is 88.4 Å². The Morgan fingerprint density at radius 3 is 2.43 bits per heavy atom. The number of rotatable bonds is 6. The summed E-state index contributed by atoms with van der Waals surface area (Å²) in [6.07, 6.45) is -0.345. The minimum absolute atomic E-state index is 0.0342. The van der Waals surface area contributed by atoms with Crippen molar-refractivity contribution in [2.75, 3.05) is 9.62 Å². The number of nitrogens with one attached hydrogen (secondary N) is 2. The number of carbonyl (C=O) groups is 2. The number of carbonyl (C=O) groups excluding carboxylic acids is 2. The van der Waals surface area contributed by atoms with Crippen molar-refractivity contribution in [1.29, 1.82) is 0 Å². The van der Waals surface area contributed by atoms with Crippen molar-refractivity contribution in [2.24, 2.45) is 0 Å². The highest BCUT2D eigenvalue weighted by Crippen LogP contribution is 2.38. The Hall–Kier alpha value is -3.36. The van der Waals surface area contributed by atoms with Gasteiger partial charge in [0.1, 0.15) is 6.04 Å². The van der Waals surface area contributed by atoms with Gasteiger partial charge in [0.15, 0.2) is 0 Å². The predicted molar refractivity (Wildman–Crippen MR) is 137 cm³/mol. The van der Waals surface area contributed by atoms with E-state index in [0.29, 0.717) is 27.5 Å². The Balaban J connectivity index is 1.72. The van der Waals surface area contributed by atoms with Crippen molar-refractivity contribution in [3.63, 3.8) is 0 Å². The van der Waals surface area contributed by atoms with Crippen molar-refractivity contribution in [3.8, 4) is 0 Å². The average molecular weight is 512 g/mol. The third kappa shape index (κ3) is 4.90. The number of hydrogen-bond acceptors (Lipinski definition) is 4. The van der Waals surface area contributed by atoms with Gasteiger partial charge in [-0.05, 0) is 61.7 Å². The summed E-state index contributed by atoms with van der Waals surface area (Å²) in [5.74, 6) is -1.01. The molecule has 7 nitrogen and oxygen atoms in total. The summed E-state index contributed by atoms with van der Waals surface area (Å²) in [7, 11) is -4.22. The number of anilines is 2. The summed E-state index contributed by atoms with van der Waals surface area (Å²) >= 11 is 6.20. The van der Waals surface area contributed by atoms with E-state index in [1.807, 2.05) is 37.3 Å². The average Bonchev–Trinajstić information content (AvgIpc) is 2.82. The number of sulfonamides is 1. The van der Waals surface area contributed by atoms with Crippen LogP contribution >= 0.6 is 11.6 Å². The zero-order valence-corrected chi connectivity index (χ0v) is 21.2. The van der Waals surface area contributed by atoms with Crippen LogP contribution in [-0.4, -0.2) is 26.3 Å². The van der Waals surface area contributed by atoms with Gasteiger partial charge in [-0.25, -0.2) is 8.42 Å². The van der Waals surface area contributed by atoms with Gasteiger partial charge in [0, 0.05) is 5.02 Å². The standard InChI is InChI=1S/C26H26ClN3O4S/c1-16-14-24(17(2)13-20(16)27)35(33,34)30-22-12-8-7-11-21(22)29-26(32)23(30)15-25(31)28-18(3)19-9-5-4-6-10-19/h4-14,18,23H,15H2,1-3H3,(H,28,31)(H,29,32)/t18-,23+/m0/s1. The van der Waals surface area contributed by atoms with Crippen LogP contribution in [0.5, 0.6) is 0 Å². The first-order valence-corrected chi connectivity index (χ1v) is 13.0. The van der Waals surface area contributed by atoms with E-state index in [1.165, 1.54) is 6.07 Å². The molecule has 1 heterocycles. The van der Waals surface area contributed by atoms with E-state index in [-0.39, 0.29) is 17.4 Å². The van der Waals surface area contributed by atoms with Crippen LogP contribution in [0.1, 0.15) is 36.1 Å². The van der Waals surface area contributed by atoms with Crippen LogP contribution in [0.25, 0.3) is 0 Å². The van der Waals surface area contributed by atoms with Crippen LogP contribution < -0.4 is 14.9 Å². The van der Waals surface area contributed by atoms with Gasteiger partial charge in [-0.2, -0.15) is 0 Å². The first kappa shape index (κ1) is 24.8. The molecule has 0 unspecified atom stereocenters. The van der Waals surface area contributed by atoms with E-state index in [0.717, 1.165) is 9.87 Å². The number of halogens is 1. The number of amides is 2. The fourth-order valence-corrected chi connectivity index (χ4v) is 6.32. The highest BCUT2D eigenvalue weighted by atomic mass is 35.5. The smallest absolute Gasteiger partial charge is 0.265 e. The normalized spacial score (nSPS) is 16.3. The highest BCUT2D eigenvalue weighted by Gasteiger charge is 2.42. The summed E-state index contributed by atoms with van der Waals surface area (Å²) in [5.41, 5.74) is 2.60. The minimum atomic E-state index is -4.22. The Kier molecular flexibility index (Phi) is 6.87. The first-order valence-electron chi connectivity index (χ1n) is 11.1. The SMILES string of the molecule is Cc1cc(S(=O)(=O)N2c3ccccc3NC(=O)[C@H]2CC(=O)N[C@@H](C)c2ccccc2)c(C)cc1Cl. The van der Waals surface area contributed by atoms with Crippen molar-refractivity contribution < 1.29 is 18.0 Å². The maximum absolute atomic E-state index is 14.0. The third-order valence-corrected chi connectivity index (χ3v) is 8.41. The molecule has 2 atom stereocenters. The van der Waals surface area contributed by atoms with Crippen LogP contribution in [0, 0.1) is 13.8 Å². The summed E-state index contributed by atoms with van der Waals surface area (Å²) in [4.78, 5) is 26.2. The minimum Gasteiger partial charge on any atom is -0.350 e. The molecule has 0 aromatic heterocycles. The summed E-state index contributed by atoms with van der Waals surface area (Å²) < 4.78 is 29.0. The van der Waals surface area contributed by atoms with Gasteiger partial charge >= 0.3 is 0 Å². The lowest BCUT2D eigenvalue weighted by molar-refractivity contribution is -0.125. The van der Waals surface area contributed by atoms with E-state index in [9.17, 15) is 18.0 Å². The first-order chi connectivity index (χ1) is 16.6. The van der Waals surface area contributed by atoms with Crippen molar-refractivity contribution in [2.45, 2.75) is 44.2 Å². The number of aryl methyl sites for hydroxylation is 2. The molecule has 9 heteroatoms. The maximum Gasteiger partial charge on any atom is 0.265 e. The third-order valence-electron chi connectivity index (χ3n) is 6.03. The second-order valence-corrected chi connectivity index (χ2v) is 10.8. The van der Waals surface area contributed by atoms with Crippen LogP contribution in [0.3, 0.4) is 0 Å². The molecular weight excluding hydrogens is 486 g/mol. The van der Waals surface area contributed by atoms with Gasteiger partial charge in [0.25, 0.3) is 10.0 Å². The highest BCUT2D eigenvalue weighted by molar-refractivity contribution is 7.93. The Morgan fingerprint density at radius 1 is 1.06 bits per heavy atom. The molecule has 35 heavy (non-hydrogen) atoms. The molecule has 2 N–H and O–H groups in total. The topological polar surface area (TPSA) is 95.6 Å². The van der Waals surface area contributed by atoms with Crippen molar-refractivity contribution in [1.82, 2.24) is 5.32 Å². The Labute approximate surface area is 210 Å². The van der Waals surface area contributed by atoms with E-state index in [1.54, 1.807) is 44.2 Å². The molecule has 0 bridgehead atoms. The number of benzene rings is 3. The molecule has 182 valence electrons. The van der Waals surface area contributed by atoms with Gasteiger partial charge in [-0.3, -0.25) is 13.9 Å². The largest absolute Gasteiger partial charge is 0.350 e. The fourth-order valence-electron chi connectivity index (χ4n) is 4.17. The fraction of sp³-hybridized carbons (Fsp3) is 0.231. The van der Waals surface area contributed by atoms with E-state index in [4.69, 9.17) is 11.6 Å². The second kappa shape index (κ2) is 9.71. The molecule has 0 spiro atoms. The quantitative estimate of drug-likeness (QED) is 0.499. The molecular formula is C26H26ClN3O4S. The molecule has 1 aliphatic heterocycles. The lowest BCUT2D eigenvalue weighted by Gasteiger charge is -2.37. The van der Waals surface area contributed by atoms with Crippen LogP contribution in [0.15, 0.2) is 71.6 Å². The van der Waals surface area contributed by atoms with Gasteiger partial charge in [0.2, 0.25) is 11.8 Å².